The molecule has 0 fully saturated rings. The molecule has 0 amide bonds. The van der Waals surface area contributed by atoms with Gasteiger partial charge in [-0.15, -0.1) is 11.3 Å². The van der Waals surface area contributed by atoms with Gasteiger partial charge in [-0.25, -0.2) is 9.50 Å². The summed E-state index contributed by atoms with van der Waals surface area (Å²) in [5.41, 5.74) is 8.31. The van der Waals surface area contributed by atoms with Crippen molar-refractivity contribution in [2.45, 2.75) is 20.8 Å². The van der Waals surface area contributed by atoms with Crippen LogP contribution in [-0.4, -0.2) is 33.4 Å². The van der Waals surface area contributed by atoms with Crippen LogP contribution in [0.3, 0.4) is 0 Å². The van der Waals surface area contributed by atoms with Gasteiger partial charge in [0.15, 0.2) is 17.1 Å². The average Bonchev–Trinajstić information content (AvgIpc) is 3.52. The number of thiophene rings is 1. The molecule has 0 unspecified atom stereocenters. The molecule has 4 heterocycles. The first kappa shape index (κ1) is 20.3. The van der Waals surface area contributed by atoms with E-state index in [9.17, 15) is 0 Å². The summed E-state index contributed by atoms with van der Waals surface area (Å²) in [5.74, 6) is 1.39. The summed E-state index contributed by atoms with van der Waals surface area (Å²) in [6, 6.07) is 14.4. The third kappa shape index (κ3) is 3.17. The van der Waals surface area contributed by atoms with E-state index in [1.165, 1.54) is 11.4 Å². The van der Waals surface area contributed by atoms with Gasteiger partial charge >= 0.3 is 0 Å². The monoisotopic (exact) mass is 444 g/mol. The highest BCUT2D eigenvalue weighted by Crippen LogP contribution is 2.36. The molecule has 0 saturated heterocycles. The molecule has 0 N–H and O–H groups in total. The number of hydrogen-bond donors (Lipinski definition) is 0. The SMILES string of the molecule is COc1ccc(-c2cnc3cc(-c4sccc4-n4c(C)ccc4C)nn3c2C)cc1OC. The molecule has 162 valence electrons. The standard InChI is InChI=1S/C25H24N4O2S/c1-15-6-7-16(2)28(15)21-10-11-32-25(21)20-13-24-26-14-19(17(3)29(24)27-20)18-8-9-22(30-4)23(12-18)31-5/h6-14H,1-5H3. The summed E-state index contributed by atoms with van der Waals surface area (Å²) in [5, 5.41) is 7.06. The molecule has 0 aliphatic carbocycles. The van der Waals surface area contributed by atoms with Crippen LogP contribution in [0.15, 0.2) is 54.0 Å². The van der Waals surface area contributed by atoms with Gasteiger partial charge < -0.3 is 14.0 Å². The number of fused-ring (bicyclic) bond motifs is 1. The van der Waals surface area contributed by atoms with Gasteiger partial charge in [-0.05, 0) is 62.0 Å². The first-order chi connectivity index (χ1) is 15.5. The second-order valence-corrected chi connectivity index (χ2v) is 8.63. The molecule has 0 aliphatic heterocycles. The number of rotatable bonds is 5. The number of methoxy groups -OCH3 is 2. The van der Waals surface area contributed by atoms with Crippen LogP contribution in [0.1, 0.15) is 17.1 Å². The maximum atomic E-state index is 5.48. The third-order valence-corrected chi connectivity index (χ3v) is 6.73. The summed E-state index contributed by atoms with van der Waals surface area (Å²) < 4.78 is 15.0. The molecule has 0 aliphatic rings. The van der Waals surface area contributed by atoms with Crippen molar-refractivity contribution in [3.63, 3.8) is 0 Å². The molecule has 0 saturated carbocycles. The van der Waals surface area contributed by atoms with E-state index < -0.39 is 0 Å². The lowest BCUT2D eigenvalue weighted by Gasteiger charge is -2.11. The molecule has 6 nitrogen and oxygen atoms in total. The molecule has 4 aromatic heterocycles. The van der Waals surface area contributed by atoms with E-state index >= 15 is 0 Å². The lowest BCUT2D eigenvalue weighted by Crippen LogP contribution is -2.00. The van der Waals surface area contributed by atoms with Crippen LogP contribution in [0, 0.1) is 20.8 Å². The summed E-state index contributed by atoms with van der Waals surface area (Å²) in [6.45, 7) is 6.31. The van der Waals surface area contributed by atoms with Gasteiger partial charge in [0.25, 0.3) is 0 Å². The smallest absolute Gasteiger partial charge is 0.161 e. The summed E-state index contributed by atoms with van der Waals surface area (Å²) in [6.07, 6.45) is 1.90. The lowest BCUT2D eigenvalue weighted by molar-refractivity contribution is 0.355. The zero-order chi connectivity index (χ0) is 22.4. The highest BCUT2D eigenvalue weighted by molar-refractivity contribution is 7.14. The van der Waals surface area contributed by atoms with E-state index in [4.69, 9.17) is 19.6 Å². The van der Waals surface area contributed by atoms with Crippen LogP contribution in [0.2, 0.25) is 0 Å². The van der Waals surface area contributed by atoms with Crippen LogP contribution < -0.4 is 9.47 Å². The van der Waals surface area contributed by atoms with E-state index in [1.807, 2.05) is 28.9 Å². The van der Waals surface area contributed by atoms with Gasteiger partial charge in [-0.3, -0.25) is 0 Å². The lowest BCUT2D eigenvalue weighted by atomic mass is 10.1. The predicted molar refractivity (Wildman–Crippen MR) is 128 cm³/mol. The van der Waals surface area contributed by atoms with Gasteiger partial charge in [-0.1, -0.05) is 6.07 Å². The average molecular weight is 445 g/mol. The molecular formula is C25H24N4O2S. The fourth-order valence-electron chi connectivity index (χ4n) is 4.17. The molecule has 0 radical (unpaired) electrons. The van der Waals surface area contributed by atoms with Gasteiger partial charge in [0.1, 0.15) is 5.69 Å². The van der Waals surface area contributed by atoms with Crippen molar-refractivity contribution in [1.29, 1.82) is 0 Å². The number of ether oxygens (including phenoxy) is 2. The Hall–Kier alpha value is -3.58. The van der Waals surface area contributed by atoms with Crippen molar-refractivity contribution >= 4 is 17.0 Å². The fourth-order valence-corrected chi connectivity index (χ4v) is 5.00. The highest BCUT2D eigenvalue weighted by Gasteiger charge is 2.17. The Kier molecular flexibility index (Phi) is 4.98. The minimum absolute atomic E-state index is 0.686. The Balaban J connectivity index is 1.62. The molecule has 0 bridgehead atoms. The second kappa shape index (κ2) is 7.84. The Morgan fingerprint density at radius 3 is 2.34 bits per heavy atom. The number of nitrogens with zero attached hydrogens (tertiary/aromatic N) is 4. The third-order valence-electron chi connectivity index (χ3n) is 5.81. The summed E-state index contributed by atoms with van der Waals surface area (Å²) in [4.78, 5) is 5.83. The van der Waals surface area contributed by atoms with E-state index in [0.29, 0.717) is 11.5 Å². The van der Waals surface area contributed by atoms with Crippen molar-refractivity contribution in [2.75, 3.05) is 14.2 Å². The second-order valence-electron chi connectivity index (χ2n) is 7.71. The number of aryl methyl sites for hydroxylation is 3. The number of hydrogen-bond acceptors (Lipinski definition) is 5. The van der Waals surface area contributed by atoms with Crippen LogP contribution in [-0.2, 0) is 0 Å². The van der Waals surface area contributed by atoms with Crippen LogP contribution in [0.4, 0.5) is 0 Å². The van der Waals surface area contributed by atoms with Crippen molar-refractivity contribution < 1.29 is 9.47 Å². The highest BCUT2D eigenvalue weighted by atomic mass is 32.1. The quantitative estimate of drug-likeness (QED) is 0.341. The molecule has 32 heavy (non-hydrogen) atoms. The first-order valence-corrected chi connectivity index (χ1v) is 11.2. The van der Waals surface area contributed by atoms with Gasteiger partial charge in [0.2, 0.25) is 0 Å². The summed E-state index contributed by atoms with van der Waals surface area (Å²) >= 11 is 1.69. The van der Waals surface area contributed by atoms with Gasteiger partial charge in [-0.2, -0.15) is 5.10 Å². The predicted octanol–water partition coefficient (Wildman–Crippen LogP) is 5.86. The van der Waals surface area contributed by atoms with Crippen LogP contribution in [0.25, 0.3) is 33.0 Å². The van der Waals surface area contributed by atoms with E-state index in [0.717, 1.165) is 38.7 Å². The van der Waals surface area contributed by atoms with Crippen LogP contribution in [0.5, 0.6) is 11.5 Å². The largest absolute Gasteiger partial charge is 0.493 e. The minimum Gasteiger partial charge on any atom is -0.493 e. The fraction of sp³-hybridized carbons (Fsp3) is 0.200. The minimum atomic E-state index is 0.686. The maximum absolute atomic E-state index is 5.48. The molecule has 1 aromatic carbocycles. The molecule has 0 spiro atoms. The zero-order valence-corrected chi connectivity index (χ0v) is 19.5. The molecule has 5 aromatic rings. The molecular weight excluding hydrogens is 420 g/mol. The van der Waals surface area contributed by atoms with Crippen molar-refractivity contribution in [2.24, 2.45) is 0 Å². The van der Waals surface area contributed by atoms with Crippen LogP contribution >= 0.6 is 11.3 Å². The Bertz CT molecular complexity index is 1420. The van der Waals surface area contributed by atoms with Gasteiger partial charge in [0.05, 0.1) is 30.5 Å². The Morgan fingerprint density at radius 1 is 0.875 bits per heavy atom. The van der Waals surface area contributed by atoms with Crippen molar-refractivity contribution in [3.05, 3.63) is 71.1 Å². The number of benzene rings is 1. The van der Waals surface area contributed by atoms with E-state index in [1.54, 1.807) is 25.6 Å². The zero-order valence-electron chi connectivity index (χ0n) is 18.7. The molecule has 0 atom stereocenters. The normalized spacial score (nSPS) is 11.3. The van der Waals surface area contributed by atoms with Gasteiger partial charge in [0, 0.05) is 29.2 Å². The Labute approximate surface area is 190 Å². The molecule has 7 heteroatoms. The van der Waals surface area contributed by atoms with E-state index in [-0.39, 0.29) is 0 Å². The van der Waals surface area contributed by atoms with E-state index in [2.05, 4.69) is 55.0 Å². The maximum Gasteiger partial charge on any atom is 0.161 e. The van der Waals surface area contributed by atoms with Crippen molar-refractivity contribution in [3.8, 4) is 38.9 Å². The Morgan fingerprint density at radius 2 is 1.62 bits per heavy atom. The topological polar surface area (TPSA) is 53.6 Å². The summed E-state index contributed by atoms with van der Waals surface area (Å²) in [7, 11) is 3.28. The first-order valence-electron chi connectivity index (χ1n) is 10.3. The van der Waals surface area contributed by atoms with Crippen molar-refractivity contribution in [1.82, 2.24) is 19.2 Å². The number of aromatic nitrogens is 4. The molecule has 5 rings (SSSR count).